The lowest BCUT2D eigenvalue weighted by Gasteiger charge is -2.40. The Morgan fingerprint density at radius 3 is 2.52 bits per heavy atom. The van der Waals surface area contributed by atoms with E-state index in [0.29, 0.717) is 6.04 Å². The molecule has 4 rings (SSSR count). The van der Waals surface area contributed by atoms with Crippen LogP contribution < -0.4 is 5.32 Å². The number of fused-ring (bicyclic) bond motifs is 2. The molecule has 0 aliphatic heterocycles. The first kappa shape index (κ1) is 13.2. The van der Waals surface area contributed by atoms with Crippen molar-refractivity contribution in [1.82, 2.24) is 0 Å². The average molecular weight is 279 g/mol. The number of benzene rings is 2. The van der Waals surface area contributed by atoms with Crippen molar-refractivity contribution in [2.75, 3.05) is 5.32 Å². The largest absolute Gasteiger partial charge is 0.382 e. The minimum atomic E-state index is 0.676. The lowest BCUT2D eigenvalue weighted by Crippen LogP contribution is -2.34. The van der Waals surface area contributed by atoms with E-state index < -0.39 is 0 Å². The topological polar surface area (TPSA) is 12.0 Å². The molecule has 1 nitrogen and oxygen atoms in total. The van der Waals surface area contributed by atoms with Gasteiger partial charge in [0.1, 0.15) is 0 Å². The van der Waals surface area contributed by atoms with E-state index in [0.717, 1.165) is 11.8 Å². The van der Waals surface area contributed by atoms with E-state index in [4.69, 9.17) is 0 Å². The van der Waals surface area contributed by atoms with E-state index in [1.165, 1.54) is 61.4 Å². The van der Waals surface area contributed by atoms with Gasteiger partial charge in [0.15, 0.2) is 0 Å². The van der Waals surface area contributed by atoms with Crippen molar-refractivity contribution in [2.24, 2.45) is 11.8 Å². The Morgan fingerprint density at radius 1 is 0.762 bits per heavy atom. The molecule has 1 heteroatoms. The van der Waals surface area contributed by atoms with Crippen LogP contribution in [0.3, 0.4) is 0 Å². The van der Waals surface area contributed by atoms with Crippen LogP contribution in [0, 0.1) is 11.8 Å². The molecule has 2 aromatic rings. The van der Waals surface area contributed by atoms with Crippen LogP contribution in [-0.2, 0) is 0 Å². The molecule has 2 aromatic carbocycles. The summed E-state index contributed by atoms with van der Waals surface area (Å²) in [6, 6.07) is 16.0. The number of nitrogens with one attached hydrogen (secondary N) is 1. The summed E-state index contributed by atoms with van der Waals surface area (Å²) in [5.74, 6) is 2.02. The van der Waals surface area contributed by atoms with E-state index in [2.05, 4.69) is 47.8 Å². The van der Waals surface area contributed by atoms with Gasteiger partial charge in [0, 0.05) is 17.1 Å². The second-order valence-electron chi connectivity index (χ2n) is 6.99. The first-order chi connectivity index (χ1) is 10.4. The Balaban J connectivity index is 1.52. The number of hydrogen-bond acceptors (Lipinski definition) is 1. The van der Waals surface area contributed by atoms with Crippen LogP contribution in [0.4, 0.5) is 5.69 Å². The number of hydrogen-bond donors (Lipinski definition) is 1. The summed E-state index contributed by atoms with van der Waals surface area (Å²) in [5, 5.41) is 6.56. The fraction of sp³-hybridized carbons (Fsp3) is 0.500. The second kappa shape index (κ2) is 5.71. The molecule has 0 radical (unpaired) electrons. The molecule has 1 N–H and O–H groups in total. The van der Waals surface area contributed by atoms with Gasteiger partial charge in [-0.3, -0.25) is 0 Å². The third-order valence-corrected chi connectivity index (χ3v) is 5.69. The highest BCUT2D eigenvalue weighted by Crippen LogP contribution is 2.41. The fourth-order valence-electron chi connectivity index (χ4n) is 4.58. The molecule has 2 aliphatic carbocycles. The molecule has 110 valence electrons. The third kappa shape index (κ3) is 2.66. The van der Waals surface area contributed by atoms with Crippen molar-refractivity contribution in [3.8, 4) is 0 Å². The number of rotatable bonds is 2. The van der Waals surface area contributed by atoms with Crippen molar-refractivity contribution in [1.29, 1.82) is 0 Å². The van der Waals surface area contributed by atoms with E-state index in [1.54, 1.807) is 0 Å². The molecule has 2 saturated carbocycles. The van der Waals surface area contributed by atoms with Gasteiger partial charge in [0.05, 0.1) is 0 Å². The average Bonchev–Trinajstić information content (AvgIpc) is 2.55. The maximum Gasteiger partial charge on any atom is 0.0422 e. The van der Waals surface area contributed by atoms with Crippen LogP contribution in [0.1, 0.15) is 44.9 Å². The summed E-state index contributed by atoms with van der Waals surface area (Å²) in [6.07, 6.45) is 10.1. The Hall–Kier alpha value is -1.50. The Labute approximate surface area is 127 Å². The molecular formula is C20H25N. The van der Waals surface area contributed by atoms with Crippen molar-refractivity contribution < 1.29 is 0 Å². The van der Waals surface area contributed by atoms with Crippen molar-refractivity contribution in [3.05, 3.63) is 42.5 Å². The Bertz CT molecular complexity index is 613. The minimum Gasteiger partial charge on any atom is -0.382 e. The van der Waals surface area contributed by atoms with Gasteiger partial charge < -0.3 is 5.32 Å². The van der Waals surface area contributed by atoms with Crippen LogP contribution in [0.2, 0.25) is 0 Å². The molecule has 0 bridgehead atoms. The van der Waals surface area contributed by atoms with Gasteiger partial charge >= 0.3 is 0 Å². The maximum atomic E-state index is 3.86. The lowest BCUT2D eigenvalue weighted by molar-refractivity contribution is 0.162. The van der Waals surface area contributed by atoms with Gasteiger partial charge in [-0.1, -0.05) is 62.1 Å². The quantitative estimate of drug-likeness (QED) is 0.753. The summed E-state index contributed by atoms with van der Waals surface area (Å²) in [7, 11) is 0. The zero-order valence-electron chi connectivity index (χ0n) is 12.7. The van der Waals surface area contributed by atoms with Gasteiger partial charge in [-0.2, -0.15) is 0 Å². The Kier molecular flexibility index (Phi) is 3.58. The molecule has 2 aliphatic rings. The first-order valence-electron chi connectivity index (χ1n) is 8.64. The normalized spacial score (nSPS) is 29.0. The molecule has 0 amide bonds. The van der Waals surface area contributed by atoms with E-state index in [1.807, 2.05) is 0 Å². The van der Waals surface area contributed by atoms with Crippen LogP contribution >= 0.6 is 0 Å². The van der Waals surface area contributed by atoms with Crippen LogP contribution in [0.15, 0.2) is 42.5 Å². The standard InChI is InChI=1S/C20H25N/c1-2-8-17-14-18(13-12-15(17)6-1)21-20-11-5-9-16-7-3-4-10-19(16)20/h3-5,7,9-11,15,17-18,21H,1-2,6,8,12-14H2. The highest BCUT2D eigenvalue weighted by atomic mass is 14.9. The minimum absolute atomic E-state index is 0.676. The van der Waals surface area contributed by atoms with Crippen LogP contribution in [0.25, 0.3) is 10.8 Å². The zero-order chi connectivity index (χ0) is 14.1. The zero-order valence-corrected chi connectivity index (χ0v) is 12.7. The van der Waals surface area contributed by atoms with E-state index in [9.17, 15) is 0 Å². The molecule has 2 fully saturated rings. The van der Waals surface area contributed by atoms with Crippen LogP contribution in [-0.4, -0.2) is 6.04 Å². The number of anilines is 1. The SMILES string of the molecule is c1ccc2c(NC3CCC4CCCCC4C3)cccc2c1. The third-order valence-electron chi connectivity index (χ3n) is 5.69. The van der Waals surface area contributed by atoms with Crippen LogP contribution in [0.5, 0.6) is 0 Å². The van der Waals surface area contributed by atoms with Crippen molar-refractivity contribution in [2.45, 2.75) is 51.0 Å². The van der Waals surface area contributed by atoms with E-state index >= 15 is 0 Å². The highest BCUT2D eigenvalue weighted by Gasteiger charge is 2.32. The molecule has 3 atom stereocenters. The maximum absolute atomic E-state index is 3.86. The van der Waals surface area contributed by atoms with Gasteiger partial charge in [0.25, 0.3) is 0 Å². The summed E-state index contributed by atoms with van der Waals surface area (Å²) >= 11 is 0. The predicted octanol–water partition coefficient (Wildman–Crippen LogP) is 5.61. The second-order valence-corrected chi connectivity index (χ2v) is 6.99. The molecule has 0 heterocycles. The summed E-state index contributed by atoms with van der Waals surface area (Å²) in [6.45, 7) is 0. The van der Waals surface area contributed by atoms with Gasteiger partial charge in [-0.25, -0.2) is 0 Å². The summed E-state index contributed by atoms with van der Waals surface area (Å²) in [4.78, 5) is 0. The summed E-state index contributed by atoms with van der Waals surface area (Å²) < 4.78 is 0. The Morgan fingerprint density at radius 2 is 1.57 bits per heavy atom. The molecule has 0 spiro atoms. The molecular weight excluding hydrogens is 254 g/mol. The molecule has 0 aromatic heterocycles. The molecule has 3 unspecified atom stereocenters. The van der Waals surface area contributed by atoms with Gasteiger partial charge in [-0.05, 0) is 42.6 Å². The first-order valence-corrected chi connectivity index (χ1v) is 8.64. The fourth-order valence-corrected chi connectivity index (χ4v) is 4.58. The lowest BCUT2D eigenvalue weighted by atomic mass is 9.69. The van der Waals surface area contributed by atoms with Gasteiger partial charge in [-0.15, -0.1) is 0 Å². The molecule has 0 saturated heterocycles. The summed E-state index contributed by atoms with van der Waals surface area (Å²) in [5.41, 5.74) is 1.33. The molecule has 21 heavy (non-hydrogen) atoms. The predicted molar refractivity (Wildman–Crippen MR) is 90.7 cm³/mol. The van der Waals surface area contributed by atoms with E-state index in [-0.39, 0.29) is 0 Å². The van der Waals surface area contributed by atoms with Crippen molar-refractivity contribution >= 4 is 16.5 Å². The van der Waals surface area contributed by atoms with Gasteiger partial charge in [0.2, 0.25) is 0 Å². The monoisotopic (exact) mass is 279 g/mol. The smallest absolute Gasteiger partial charge is 0.0422 e. The highest BCUT2D eigenvalue weighted by molar-refractivity contribution is 5.93. The van der Waals surface area contributed by atoms with Crippen molar-refractivity contribution in [3.63, 3.8) is 0 Å².